The molecule has 0 aromatic carbocycles. The smallest absolute Gasteiger partial charge is 0.311 e. The Hall–Kier alpha value is -0.570. The Morgan fingerprint density at radius 3 is 2.30 bits per heavy atom. The molecule has 0 aromatic heterocycles. The number of nitrogens with one attached hydrogen (secondary N) is 1. The first kappa shape index (κ1) is 17.5. The SMILES string of the molecule is CCC(C)(C)CCCC(C)(C)C(=O)OC1CCNCC1. The summed E-state index contributed by atoms with van der Waals surface area (Å²) in [5.41, 5.74) is 0.0315. The summed E-state index contributed by atoms with van der Waals surface area (Å²) in [5, 5.41) is 3.29. The molecule has 20 heavy (non-hydrogen) atoms. The van der Waals surface area contributed by atoms with Crippen molar-refractivity contribution >= 4 is 5.97 Å². The molecule has 1 aliphatic rings. The molecule has 0 atom stereocenters. The number of ether oxygens (including phenoxy) is 1. The van der Waals surface area contributed by atoms with Gasteiger partial charge in [0.15, 0.2) is 0 Å². The van der Waals surface area contributed by atoms with E-state index in [-0.39, 0.29) is 17.5 Å². The van der Waals surface area contributed by atoms with E-state index in [0.717, 1.165) is 38.8 Å². The summed E-state index contributed by atoms with van der Waals surface area (Å²) in [6.45, 7) is 12.8. The lowest BCUT2D eigenvalue weighted by Crippen LogP contribution is -2.37. The second kappa shape index (κ2) is 7.44. The quantitative estimate of drug-likeness (QED) is 0.720. The number of rotatable bonds is 7. The third kappa shape index (κ3) is 5.82. The fourth-order valence-electron chi connectivity index (χ4n) is 2.51. The van der Waals surface area contributed by atoms with E-state index in [1.807, 2.05) is 13.8 Å². The predicted octanol–water partition coefficient (Wildman–Crippen LogP) is 3.91. The lowest BCUT2D eigenvalue weighted by molar-refractivity contribution is -0.161. The second-order valence-electron chi connectivity index (χ2n) is 7.61. The van der Waals surface area contributed by atoms with E-state index in [1.54, 1.807) is 0 Å². The van der Waals surface area contributed by atoms with Crippen molar-refractivity contribution in [1.82, 2.24) is 5.32 Å². The summed E-state index contributed by atoms with van der Waals surface area (Å²) in [4.78, 5) is 12.3. The van der Waals surface area contributed by atoms with Crippen LogP contribution in [0, 0.1) is 10.8 Å². The fourth-order valence-corrected chi connectivity index (χ4v) is 2.51. The van der Waals surface area contributed by atoms with Crippen molar-refractivity contribution in [3.8, 4) is 0 Å². The molecule has 0 aromatic rings. The molecule has 0 radical (unpaired) electrons. The largest absolute Gasteiger partial charge is 0.462 e. The monoisotopic (exact) mass is 283 g/mol. The van der Waals surface area contributed by atoms with Crippen molar-refractivity contribution in [2.45, 2.75) is 79.2 Å². The van der Waals surface area contributed by atoms with Crippen LogP contribution >= 0.6 is 0 Å². The van der Waals surface area contributed by atoms with Crippen molar-refractivity contribution in [2.75, 3.05) is 13.1 Å². The minimum atomic E-state index is -0.352. The third-order valence-corrected chi connectivity index (χ3v) is 4.72. The van der Waals surface area contributed by atoms with Crippen LogP contribution in [-0.2, 0) is 9.53 Å². The molecule has 0 unspecified atom stereocenters. The van der Waals surface area contributed by atoms with Gasteiger partial charge in [-0.3, -0.25) is 4.79 Å². The topological polar surface area (TPSA) is 38.3 Å². The number of carbonyl (C=O) groups is 1. The predicted molar refractivity (Wildman–Crippen MR) is 83.7 cm³/mol. The third-order valence-electron chi connectivity index (χ3n) is 4.72. The molecule has 1 aliphatic heterocycles. The van der Waals surface area contributed by atoms with E-state index in [2.05, 4.69) is 26.1 Å². The Bertz CT molecular complexity index is 304. The summed E-state index contributed by atoms with van der Waals surface area (Å²) in [7, 11) is 0. The van der Waals surface area contributed by atoms with Gasteiger partial charge in [0.05, 0.1) is 5.41 Å². The molecule has 118 valence electrons. The zero-order valence-electron chi connectivity index (χ0n) is 14.1. The molecule has 0 bridgehead atoms. The maximum Gasteiger partial charge on any atom is 0.311 e. The van der Waals surface area contributed by atoms with Crippen LogP contribution in [0.2, 0.25) is 0 Å². The standard InChI is InChI=1S/C17H33NO2/c1-6-16(2,3)10-7-11-17(4,5)15(19)20-14-8-12-18-13-9-14/h14,18H,6-13H2,1-5H3. The highest BCUT2D eigenvalue weighted by Gasteiger charge is 2.32. The van der Waals surface area contributed by atoms with Gasteiger partial charge in [0, 0.05) is 0 Å². The molecule has 0 aliphatic carbocycles. The van der Waals surface area contributed by atoms with Gasteiger partial charge in [0.1, 0.15) is 6.10 Å². The number of carbonyl (C=O) groups excluding carboxylic acids is 1. The molecular formula is C17H33NO2. The van der Waals surface area contributed by atoms with Crippen LogP contribution in [0.5, 0.6) is 0 Å². The van der Waals surface area contributed by atoms with Gasteiger partial charge in [-0.05, 0) is 58.0 Å². The minimum absolute atomic E-state index is 0.0151. The highest BCUT2D eigenvalue weighted by atomic mass is 16.5. The lowest BCUT2D eigenvalue weighted by Gasteiger charge is -2.30. The number of hydrogen-bond acceptors (Lipinski definition) is 3. The average molecular weight is 283 g/mol. The van der Waals surface area contributed by atoms with Crippen LogP contribution in [0.3, 0.4) is 0 Å². The molecule has 0 saturated carbocycles. The number of hydrogen-bond donors (Lipinski definition) is 1. The van der Waals surface area contributed by atoms with Crippen molar-refractivity contribution in [1.29, 1.82) is 0 Å². The lowest BCUT2D eigenvalue weighted by atomic mass is 9.80. The highest BCUT2D eigenvalue weighted by molar-refractivity contribution is 5.76. The van der Waals surface area contributed by atoms with E-state index < -0.39 is 0 Å². The molecule has 0 amide bonds. The maximum absolute atomic E-state index is 12.3. The molecular weight excluding hydrogens is 250 g/mol. The number of esters is 1. The number of piperidine rings is 1. The van der Waals surface area contributed by atoms with E-state index in [4.69, 9.17) is 4.74 Å². The van der Waals surface area contributed by atoms with E-state index >= 15 is 0 Å². The summed E-state index contributed by atoms with van der Waals surface area (Å²) < 4.78 is 5.69. The first-order chi connectivity index (χ1) is 9.27. The molecule has 1 fully saturated rings. The van der Waals surface area contributed by atoms with Crippen LogP contribution in [0.1, 0.15) is 73.1 Å². The molecule has 1 heterocycles. The zero-order chi connectivity index (χ0) is 15.2. The van der Waals surface area contributed by atoms with Gasteiger partial charge in [-0.1, -0.05) is 33.6 Å². The molecule has 0 spiro atoms. The van der Waals surface area contributed by atoms with Crippen LogP contribution in [0.25, 0.3) is 0 Å². The average Bonchev–Trinajstić information content (AvgIpc) is 2.39. The summed E-state index contributed by atoms with van der Waals surface area (Å²) in [6.07, 6.45) is 6.39. The normalized spacial score (nSPS) is 18.1. The summed E-state index contributed by atoms with van der Waals surface area (Å²) in [6, 6.07) is 0. The summed E-state index contributed by atoms with van der Waals surface area (Å²) in [5.74, 6) is -0.0151. The van der Waals surface area contributed by atoms with Crippen LogP contribution in [0.15, 0.2) is 0 Å². The van der Waals surface area contributed by atoms with Gasteiger partial charge in [0.25, 0.3) is 0 Å². The zero-order valence-corrected chi connectivity index (χ0v) is 14.1. The molecule has 1 saturated heterocycles. The minimum Gasteiger partial charge on any atom is -0.462 e. The highest BCUT2D eigenvalue weighted by Crippen LogP contribution is 2.32. The Morgan fingerprint density at radius 1 is 1.15 bits per heavy atom. The Balaban J connectivity index is 2.36. The fraction of sp³-hybridized carbons (Fsp3) is 0.941. The van der Waals surface area contributed by atoms with Crippen LogP contribution < -0.4 is 5.32 Å². The maximum atomic E-state index is 12.3. The van der Waals surface area contributed by atoms with Gasteiger partial charge in [-0.15, -0.1) is 0 Å². The Kier molecular flexibility index (Phi) is 6.50. The molecule has 3 heteroatoms. The van der Waals surface area contributed by atoms with Gasteiger partial charge < -0.3 is 10.1 Å². The van der Waals surface area contributed by atoms with E-state index in [0.29, 0.717) is 5.41 Å². The van der Waals surface area contributed by atoms with E-state index in [9.17, 15) is 4.79 Å². The van der Waals surface area contributed by atoms with E-state index in [1.165, 1.54) is 12.8 Å². The van der Waals surface area contributed by atoms with Crippen molar-refractivity contribution < 1.29 is 9.53 Å². The molecule has 1 N–H and O–H groups in total. The Morgan fingerprint density at radius 2 is 1.75 bits per heavy atom. The van der Waals surface area contributed by atoms with Crippen LogP contribution in [0.4, 0.5) is 0 Å². The Labute approximate surface area is 124 Å². The first-order valence-corrected chi connectivity index (χ1v) is 8.19. The van der Waals surface area contributed by atoms with Gasteiger partial charge in [-0.2, -0.15) is 0 Å². The van der Waals surface area contributed by atoms with Crippen molar-refractivity contribution in [3.05, 3.63) is 0 Å². The van der Waals surface area contributed by atoms with Gasteiger partial charge in [-0.25, -0.2) is 0 Å². The first-order valence-electron chi connectivity index (χ1n) is 8.19. The van der Waals surface area contributed by atoms with Crippen molar-refractivity contribution in [3.63, 3.8) is 0 Å². The second-order valence-corrected chi connectivity index (χ2v) is 7.61. The van der Waals surface area contributed by atoms with Gasteiger partial charge >= 0.3 is 5.97 Å². The molecule has 1 rings (SSSR count). The van der Waals surface area contributed by atoms with Gasteiger partial charge in [0.2, 0.25) is 0 Å². The molecule has 3 nitrogen and oxygen atoms in total. The van der Waals surface area contributed by atoms with Crippen molar-refractivity contribution in [2.24, 2.45) is 10.8 Å². The van der Waals surface area contributed by atoms with Crippen LogP contribution in [-0.4, -0.2) is 25.2 Å². The summed E-state index contributed by atoms with van der Waals surface area (Å²) >= 11 is 0.